The van der Waals surface area contributed by atoms with E-state index in [0.29, 0.717) is 12.0 Å². The van der Waals surface area contributed by atoms with Crippen LogP contribution in [0.25, 0.3) is 10.2 Å². The lowest BCUT2D eigenvalue weighted by Crippen LogP contribution is -2.25. The van der Waals surface area contributed by atoms with Gasteiger partial charge in [-0.15, -0.1) is 11.3 Å². The highest BCUT2D eigenvalue weighted by Gasteiger charge is 2.13. The number of anilines is 2. The summed E-state index contributed by atoms with van der Waals surface area (Å²) in [5.74, 6) is 0.585. The number of fused-ring (bicyclic) bond motifs is 1. The molecule has 0 bridgehead atoms. The summed E-state index contributed by atoms with van der Waals surface area (Å²) in [4.78, 5) is 4.52. The molecule has 0 aliphatic heterocycles. The van der Waals surface area contributed by atoms with Crippen LogP contribution in [0.5, 0.6) is 0 Å². The molecule has 0 amide bonds. The summed E-state index contributed by atoms with van der Waals surface area (Å²) in [6, 6.07) is 4.54. The van der Waals surface area contributed by atoms with Gasteiger partial charge in [0.15, 0.2) is 0 Å². The Morgan fingerprint density at radius 3 is 2.72 bits per heavy atom. The van der Waals surface area contributed by atoms with Gasteiger partial charge in [0.05, 0.1) is 26.6 Å². The standard InChI is InChI=1S/C14H21N3S/c1-5-11(8(2)3)17-12-7-13-14(6-10(12)15)18-9(4)16-13/h6-8,11,17H,5,15H2,1-4H3. The molecule has 98 valence electrons. The number of hydrogen-bond acceptors (Lipinski definition) is 4. The fraction of sp³-hybridized carbons (Fsp3) is 0.500. The van der Waals surface area contributed by atoms with Gasteiger partial charge < -0.3 is 11.1 Å². The SMILES string of the molecule is CCC(Nc1cc2nc(C)sc2cc1N)C(C)C. The van der Waals surface area contributed by atoms with E-state index < -0.39 is 0 Å². The molecule has 0 aliphatic carbocycles. The van der Waals surface area contributed by atoms with Crippen molar-refractivity contribution in [2.75, 3.05) is 11.1 Å². The first kappa shape index (κ1) is 13.1. The summed E-state index contributed by atoms with van der Waals surface area (Å²) < 4.78 is 1.16. The van der Waals surface area contributed by atoms with Crippen LogP contribution in [0, 0.1) is 12.8 Å². The van der Waals surface area contributed by atoms with Gasteiger partial charge in [0.25, 0.3) is 0 Å². The Labute approximate surface area is 112 Å². The van der Waals surface area contributed by atoms with E-state index in [2.05, 4.69) is 37.1 Å². The van der Waals surface area contributed by atoms with Crippen molar-refractivity contribution in [3.8, 4) is 0 Å². The molecule has 4 heteroatoms. The molecule has 18 heavy (non-hydrogen) atoms. The second-order valence-corrected chi connectivity index (χ2v) is 6.28. The third-order valence-electron chi connectivity index (χ3n) is 3.25. The van der Waals surface area contributed by atoms with E-state index in [-0.39, 0.29) is 0 Å². The minimum atomic E-state index is 0.449. The van der Waals surface area contributed by atoms with Gasteiger partial charge in [-0.05, 0) is 31.4 Å². The Hall–Kier alpha value is -1.29. The Kier molecular flexibility index (Phi) is 3.76. The van der Waals surface area contributed by atoms with Gasteiger partial charge in [0.2, 0.25) is 0 Å². The summed E-state index contributed by atoms with van der Waals surface area (Å²) in [5.41, 5.74) is 8.97. The Bertz CT molecular complexity index is 545. The highest BCUT2D eigenvalue weighted by Crippen LogP contribution is 2.30. The van der Waals surface area contributed by atoms with Gasteiger partial charge in [0, 0.05) is 6.04 Å². The molecule has 0 saturated carbocycles. The van der Waals surface area contributed by atoms with Crippen LogP contribution in [-0.2, 0) is 0 Å². The molecular weight excluding hydrogens is 242 g/mol. The molecule has 0 fully saturated rings. The number of nitrogen functional groups attached to an aromatic ring is 1. The van der Waals surface area contributed by atoms with Gasteiger partial charge in [-0.2, -0.15) is 0 Å². The first-order valence-electron chi connectivity index (χ1n) is 6.44. The zero-order valence-corrected chi connectivity index (χ0v) is 12.3. The maximum absolute atomic E-state index is 6.12. The molecule has 1 aromatic carbocycles. The molecule has 1 heterocycles. The van der Waals surface area contributed by atoms with Crippen molar-refractivity contribution in [2.45, 2.75) is 40.2 Å². The number of benzene rings is 1. The quantitative estimate of drug-likeness (QED) is 0.819. The van der Waals surface area contributed by atoms with E-state index in [9.17, 15) is 0 Å². The molecule has 0 saturated heterocycles. The zero-order chi connectivity index (χ0) is 13.3. The van der Waals surface area contributed by atoms with Crippen LogP contribution in [0.2, 0.25) is 0 Å². The highest BCUT2D eigenvalue weighted by molar-refractivity contribution is 7.18. The first-order valence-corrected chi connectivity index (χ1v) is 7.26. The number of aryl methyl sites for hydroxylation is 1. The van der Waals surface area contributed by atoms with Gasteiger partial charge in [-0.3, -0.25) is 0 Å². The monoisotopic (exact) mass is 263 g/mol. The average Bonchev–Trinajstić information content (AvgIpc) is 2.64. The Morgan fingerprint density at radius 1 is 1.39 bits per heavy atom. The van der Waals surface area contributed by atoms with Crippen molar-refractivity contribution in [1.82, 2.24) is 4.98 Å². The smallest absolute Gasteiger partial charge is 0.0907 e. The van der Waals surface area contributed by atoms with Crippen LogP contribution in [-0.4, -0.2) is 11.0 Å². The lowest BCUT2D eigenvalue weighted by atomic mass is 10.0. The summed E-state index contributed by atoms with van der Waals surface area (Å²) in [6.07, 6.45) is 1.09. The third-order valence-corrected chi connectivity index (χ3v) is 4.19. The molecule has 3 nitrogen and oxygen atoms in total. The molecule has 0 spiro atoms. The van der Waals surface area contributed by atoms with Crippen molar-refractivity contribution >= 4 is 32.9 Å². The van der Waals surface area contributed by atoms with Crippen LogP contribution in [0.3, 0.4) is 0 Å². The van der Waals surface area contributed by atoms with Gasteiger partial charge in [0.1, 0.15) is 0 Å². The highest BCUT2D eigenvalue weighted by atomic mass is 32.1. The molecule has 1 unspecified atom stereocenters. The predicted octanol–water partition coefficient (Wildman–Crippen LogP) is 4.03. The predicted molar refractivity (Wildman–Crippen MR) is 81.3 cm³/mol. The molecule has 0 aliphatic rings. The van der Waals surface area contributed by atoms with Crippen LogP contribution in [0.1, 0.15) is 32.2 Å². The molecule has 2 aromatic rings. The van der Waals surface area contributed by atoms with Crippen molar-refractivity contribution in [3.05, 3.63) is 17.1 Å². The van der Waals surface area contributed by atoms with E-state index in [1.165, 1.54) is 0 Å². The van der Waals surface area contributed by atoms with E-state index in [1.807, 2.05) is 13.0 Å². The Balaban J connectivity index is 2.35. The average molecular weight is 263 g/mol. The number of aromatic nitrogens is 1. The lowest BCUT2D eigenvalue weighted by Gasteiger charge is -2.22. The van der Waals surface area contributed by atoms with E-state index in [0.717, 1.165) is 33.0 Å². The maximum Gasteiger partial charge on any atom is 0.0907 e. The Morgan fingerprint density at radius 2 is 2.11 bits per heavy atom. The molecule has 0 radical (unpaired) electrons. The van der Waals surface area contributed by atoms with Gasteiger partial charge >= 0.3 is 0 Å². The summed E-state index contributed by atoms with van der Waals surface area (Å²) in [7, 11) is 0. The summed E-state index contributed by atoms with van der Waals surface area (Å²) >= 11 is 1.69. The van der Waals surface area contributed by atoms with E-state index >= 15 is 0 Å². The van der Waals surface area contributed by atoms with Crippen molar-refractivity contribution < 1.29 is 0 Å². The maximum atomic E-state index is 6.12. The third kappa shape index (κ3) is 2.58. The normalized spacial score (nSPS) is 13.2. The fourth-order valence-electron chi connectivity index (χ4n) is 2.17. The number of thiazole rings is 1. The van der Waals surface area contributed by atoms with Gasteiger partial charge in [-0.25, -0.2) is 4.98 Å². The largest absolute Gasteiger partial charge is 0.397 e. The lowest BCUT2D eigenvalue weighted by molar-refractivity contribution is 0.511. The fourth-order valence-corrected chi connectivity index (χ4v) is 3.03. The first-order chi connectivity index (χ1) is 8.51. The second kappa shape index (κ2) is 5.14. The number of nitrogens with zero attached hydrogens (tertiary/aromatic N) is 1. The van der Waals surface area contributed by atoms with Gasteiger partial charge in [-0.1, -0.05) is 20.8 Å². The minimum Gasteiger partial charge on any atom is -0.397 e. The van der Waals surface area contributed by atoms with Crippen molar-refractivity contribution in [1.29, 1.82) is 0 Å². The van der Waals surface area contributed by atoms with Crippen molar-refractivity contribution in [3.63, 3.8) is 0 Å². The van der Waals surface area contributed by atoms with Crippen LogP contribution < -0.4 is 11.1 Å². The molecule has 2 rings (SSSR count). The van der Waals surface area contributed by atoms with E-state index in [1.54, 1.807) is 11.3 Å². The summed E-state index contributed by atoms with van der Waals surface area (Å²) in [6.45, 7) is 8.67. The number of nitrogens with two attached hydrogens (primary N) is 1. The minimum absolute atomic E-state index is 0.449. The van der Waals surface area contributed by atoms with Crippen LogP contribution in [0.15, 0.2) is 12.1 Å². The zero-order valence-electron chi connectivity index (χ0n) is 11.4. The second-order valence-electron chi connectivity index (χ2n) is 5.04. The van der Waals surface area contributed by atoms with Crippen LogP contribution >= 0.6 is 11.3 Å². The number of hydrogen-bond donors (Lipinski definition) is 2. The molecule has 3 N–H and O–H groups in total. The van der Waals surface area contributed by atoms with Crippen LogP contribution in [0.4, 0.5) is 11.4 Å². The topological polar surface area (TPSA) is 50.9 Å². The molecule has 1 atom stereocenters. The summed E-state index contributed by atoms with van der Waals surface area (Å²) in [5, 5.41) is 4.62. The van der Waals surface area contributed by atoms with E-state index in [4.69, 9.17) is 5.73 Å². The molecule has 1 aromatic heterocycles. The number of nitrogens with one attached hydrogen (secondary N) is 1. The molecular formula is C14H21N3S. The number of rotatable bonds is 4. The van der Waals surface area contributed by atoms with Crippen molar-refractivity contribution in [2.24, 2.45) is 5.92 Å².